The standard InChI is InChI=1S/C15H27N3O2S/c16-13(21)15(5-2-1-3-6-15)14(19)17-7-4-8-18-9-11-20-12-10-18/h1-12H2,(H2,16,21)(H,17,19). The minimum Gasteiger partial charge on any atom is -0.392 e. The summed E-state index contributed by atoms with van der Waals surface area (Å²) >= 11 is 5.18. The molecular weight excluding hydrogens is 286 g/mol. The molecule has 2 rings (SSSR count). The van der Waals surface area contributed by atoms with Crippen LogP contribution in [0.25, 0.3) is 0 Å². The maximum absolute atomic E-state index is 12.5. The van der Waals surface area contributed by atoms with Crippen LogP contribution in [-0.4, -0.2) is 55.2 Å². The molecule has 0 aromatic carbocycles. The fourth-order valence-corrected chi connectivity index (χ4v) is 3.54. The smallest absolute Gasteiger partial charge is 0.233 e. The first-order valence-electron chi connectivity index (χ1n) is 8.03. The summed E-state index contributed by atoms with van der Waals surface area (Å²) in [6, 6.07) is 0. The van der Waals surface area contributed by atoms with Gasteiger partial charge in [0.1, 0.15) is 0 Å². The highest BCUT2D eigenvalue weighted by molar-refractivity contribution is 7.80. The number of nitrogens with two attached hydrogens (primary N) is 1. The van der Waals surface area contributed by atoms with Gasteiger partial charge in [-0.05, 0) is 25.8 Å². The summed E-state index contributed by atoms with van der Waals surface area (Å²) in [7, 11) is 0. The zero-order chi connectivity index (χ0) is 15.1. The van der Waals surface area contributed by atoms with E-state index in [1.165, 1.54) is 6.42 Å². The van der Waals surface area contributed by atoms with E-state index < -0.39 is 5.41 Å². The van der Waals surface area contributed by atoms with Crippen molar-refractivity contribution in [3.8, 4) is 0 Å². The first-order chi connectivity index (χ1) is 10.1. The summed E-state index contributed by atoms with van der Waals surface area (Å²) in [5.74, 6) is 0.0386. The van der Waals surface area contributed by atoms with Crippen LogP contribution in [0.5, 0.6) is 0 Å². The van der Waals surface area contributed by atoms with Crippen molar-refractivity contribution in [2.24, 2.45) is 11.1 Å². The molecule has 2 fully saturated rings. The molecule has 2 aliphatic rings. The molecule has 120 valence electrons. The quantitative estimate of drug-likeness (QED) is 0.567. The van der Waals surface area contributed by atoms with Gasteiger partial charge in [0.25, 0.3) is 0 Å². The van der Waals surface area contributed by atoms with E-state index >= 15 is 0 Å². The summed E-state index contributed by atoms with van der Waals surface area (Å²) < 4.78 is 5.32. The average molecular weight is 313 g/mol. The van der Waals surface area contributed by atoms with Crippen molar-refractivity contribution in [3.63, 3.8) is 0 Å². The molecule has 3 N–H and O–H groups in total. The van der Waals surface area contributed by atoms with Crippen LogP contribution in [0.2, 0.25) is 0 Å². The average Bonchev–Trinajstić information content (AvgIpc) is 2.53. The first kappa shape index (κ1) is 16.6. The normalized spacial score (nSPS) is 22.7. The Hall–Kier alpha value is -0.720. The van der Waals surface area contributed by atoms with Gasteiger partial charge in [-0.2, -0.15) is 0 Å². The molecule has 1 saturated heterocycles. The van der Waals surface area contributed by atoms with Crippen molar-refractivity contribution in [2.75, 3.05) is 39.4 Å². The molecule has 6 heteroatoms. The van der Waals surface area contributed by atoms with Crippen LogP contribution in [0.15, 0.2) is 0 Å². The van der Waals surface area contributed by atoms with Gasteiger partial charge in [-0.3, -0.25) is 9.69 Å². The van der Waals surface area contributed by atoms with E-state index in [1.807, 2.05) is 0 Å². The van der Waals surface area contributed by atoms with Crippen LogP contribution in [0.4, 0.5) is 0 Å². The molecular formula is C15H27N3O2S. The molecule has 0 unspecified atom stereocenters. The zero-order valence-corrected chi connectivity index (χ0v) is 13.6. The van der Waals surface area contributed by atoms with Crippen LogP contribution >= 0.6 is 12.2 Å². The van der Waals surface area contributed by atoms with Crippen molar-refractivity contribution in [2.45, 2.75) is 38.5 Å². The monoisotopic (exact) mass is 313 g/mol. The maximum Gasteiger partial charge on any atom is 0.233 e. The highest BCUT2D eigenvalue weighted by Gasteiger charge is 2.42. The Balaban J connectivity index is 1.73. The summed E-state index contributed by atoms with van der Waals surface area (Å²) in [4.78, 5) is 15.2. The molecule has 21 heavy (non-hydrogen) atoms. The Morgan fingerprint density at radius 2 is 1.90 bits per heavy atom. The summed E-state index contributed by atoms with van der Waals surface area (Å²) in [6.45, 7) is 5.31. The number of carbonyl (C=O) groups is 1. The van der Waals surface area contributed by atoms with Gasteiger partial charge in [-0.1, -0.05) is 31.5 Å². The van der Waals surface area contributed by atoms with E-state index in [4.69, 9.17) is 22.7 Å². The summed E-state index contributed by atoms with van der Waals surface area (Å²) in [5.41, 5.74) is 5.28. The fraction of sp³-hybridized carbons (Fsp3) is 0.867. The zero-order valence-electron chi connectivity index (χ0n) is 12.7. The Labute approximate surface area is 132 Å². The number of carbonyl (C=O) groups excluding carboxylic acids is 1. The second-order valence-electron chi connectivity index (χ2n) is 6.07. The molecule has 0 radical (unpaired) electrons. The topological polar surface area (TPSA) is 67.6 Å². The lowest BCUT2D eigenvalue weighted by Crippen LogP contribution is -2.50. The van der Waals surface area contributed by atoms with Gasteiger partial charge in [-0.25, -0.2) is 0 Å². The third kappa shape index (κ3) is 4.37. The largest absolute Gasteiger partial charge is 0.392 e. The number of nitrogens with zero attached hydrogens (tertiary/aromatic N) is 1. The second kappa shape index (κ2) is 8.06. The number of hydrogen-bond donors (Lipinski definition) is 2. The molecule has 1 aliphatic carbocycles. The predicted molar refractivity (Wildman–Crippen MR) is 87.2 cm³/mol. The Morgan fingerprint density at radius 3 is 2.52 bits per heavy atom. The first-order valence-corrected chi connectivity index (χ1v) is 8.44. The lowest BCUT2D eigenvalue weighted by atomic mass is 9.73. The summed E-state index contributed by atoms with van der Waals surface area (Å²) in [5, 5.41) is 3.05. The van der Waals surface area contributed by atoms with E-state index in [0.29, 0.717) is 11.5 Å². The molecule has 1 heterocycles. The van der Waals surface area contributed by atoms with Gasteiger partial charge in [0.15, 0.2) is 0 Å². The lowest BCUT2D eigenvalue weighted by Gasteiger charge is -2.35. The van der Waals surface area contributed by atoms with Crippen LogP contribution in [0.3, 0.4) is 0 Å². The number of thiocarbonyl (C=S) groups is 1. The van der Waals surface area contributed by atoms with E-state index in [-0.39, 0.29) is 5.91 Å². The molecule has 1 amide bonds. The minimum atomic E-state index is -0.591. The Bertz CT molecular complexity index is 364. The molecule has 0 aromatic rings. The number of amides is 1. The van der Waals surface area contributed by atoms with Crippen molar-refractivity contribution in [3.05, 3.63) is 0 Å². The number of rotatable bonds is 6. The fourth-order valence-electron chi connectivity index (χ4n) is 3.24. The third-order valence-electron chi connectivity index (χ3n) is 4.65. The van der Waals surface area contributed by atoms with Gasteiger partial charge in [0, 0.05) is 19.6 Å². The van der Waals surface area contributed by atoms with Gasteiger partial charge >= 0.3 is 0 Å². The Kier molecular flexibility index (Phi) is 6.39. The molecule has 0 aromatic heterocycles. The number of hydrogen-bond acceptors (Lipinski definition) is 4. The van der Waals surface area contributed by atoms with Crippen LogP contribution < -0.4 is 11.1 Å². The van der Waals surface area contributed by atoms with Gasteiger partial charge in [-0.15, -0.1) is 0 Å². The summed E-state index contributed by atoms with van der Waals surface area (Å²) in [6.07, 6.45) is 5.82. The molecule has 1 saturated carbocycles. The van der Waals surface area contributed by atoms with E-state index in [1.54, 1.807) is 0 Å². The van der Waals surface area contributed by atoms with Crippen LogP contribution in [0.1, 0.15) is 38.5 Å². The van der Waals surface area contributed by atoms with Crippen molar-refractivity contribution in [1.29, 1.82) is 0 Å². The number of morpholine rings is 1. The predicted octanol–water partition coefficient (Wildman–Crippen LogP) is 1.06. The third-order valence-corrected chi connectivity index (χ3v) is 5.04. The number of nitrogens with one attached hydrogen (secondary N) is 1. The van der Waals surface area contributed by atoms with E-state index in [9.17, 15) is 4.79 Å². The van der Waals surface area contributed by atoms with Gasteiger partial charge in [0.2, 0.25) is 5.91 Å². The molecule has 0 spiro atoms. The van der Waals surface area contributed by atoms with E-state index in [2.05, 4.69) is 10.2 Å². The molecule has 0 atom stereocenters. The van der Waals surface area contributed by atoms with Gasteiger partial charge in [0.05, 0.1) is 23.6 Å². The van der Waals surface area contributed by atoms with E-state index in [0.717, 1.165) is 65.0 Å². The highest BCUT2D eigenvalue weighted by atomic mass is 32.1. The van der Waals surface area contributed by atoms with Crippen molar-refractivity contribution < 1.29 is 9.53 Å². The van der Waals surface area contributed by atoms with Crippen molar-refractivity contribution >= 4 is 23.1 Å². The lowest BCUT2D eigenvalue weighted by molar-refractivity contribution is -0.128. The van der Waals surface area contributed by atoms with Crippen LogP contribution in [-0.2, 0) is 9.53 Å². The van der Waals surface area contributed by atoms with Crippen molar-refractivity contribution in [1.82, 2.24) is 10.2 Å². The van der Waals surface area contributed by atoms with Gasteiger partial charge < -0.3 is 15.8 Å². The molecule has 5 nitrogen and oxygen atoms in total. The number of ether oxygens (including phenoxy) is 1. The minimum absolute atomic E-state index is 0.0386. The Morgan fingerprint density at radius 1 is 1.24 bits per heavy atom. The SMILES string of the molecule is NC(=S)C1(C(=O)NCCCN2CCOCC2)CCCCC1. The molecule has 0 bridgehead atoms. The molecule has 1 aliphatic heterocycles. The van der Waals surface area contributed by atoms with Crippen LogP contribution in [0, 0.1) is 5.41 Å². The highest BCUT2D eigenvalue weighted by Crippen LogP contribution is 2.36. The maximum atomic E-state index is 12.5. The second-order valence-corrected chi connectivity index (χ2v) is 6.51.